The molecule has 0 saturated heterocycles. The van der Waals surface area contributed by atoms with Crippen LogP contribution in [0.5, 0.6) is 0 Å². The molecule has 0 N–H and O–H groups in total. The van der Waals surface area contributed by atoms with E-state index in [0.717, 1.165) is 50.5 Å². The van der Waals surface area contributed by atoms with Crippen LogP contribution in [0.2, 0.25) is 0 Å². The molecule has 0 aliphatic heterocycles. The Kier molecular flexibility index (Phi) is 15.9. The fourth-order valence-corrected chi connectivity index (χ4v) is 3.87. The lowest BCUT2D eigenvalue weighted by atomic mass is 9.91. The molecule has 4 heteroatoms. The zero-order valence-electron chi connectivity index (χ0n) is 20.6. The van der Waals surface area contributed by atoms with E-state index in [1.807, 2.05) is 12.1 Å². The first-order valence-corrected chi connectivity index (χ1v) is 12.8. The first-order valence-electron chi connectivity index (χ1n) is 12.8. The molecule has 0 radical (unpaired) electrons. The van der Waals surface area contributed by atoms with Crippen molar-refractivity contribution < 1.29 is 18.6 Å². The average Bonchev–Trinajstić information content (AvgIpc) is 2.79. The molecule has 1 rings (SSSR count). The molecule has 0 saturated carbocycles. The topological polar surface area (TPSA) is 27.7 Å². The molecule has 0 bridgehead atoms. The molecule has 0 aliphatic carbocycles. The van der Waals surface area contributed by atoms with Gasteiger partial charge in [-0.2, -0.15) is 0 Å². The first-order chi connectivity index (χ1) is 15.1. The second-order valence-electron chi connectivity index (χ2n) is 8.57. The van der Waals surface area contributed by atoms with Crippen molar-refractivity contribution in [3.63, 3.8) is 0 Å². The van der Waals surface area contributed by atoms with E-state index in [9.17, 15) is 4.39 Å². The summed E-state index contributed by atoms with van der Waals surface area (Å²) in [6.45, 7) is 10.5. The Morgan fingerprint density at radius 2 is 1.19 bits per heavy atom. The minimum atomic E-state index is -0.981. The molecular weight excluding hydrogens is 391 g/mol. The number of hydrogen-bond acceptors (Lipinski definition) is 3. The highest BCUT2D eigenvalue weighted by atomic mass is 19.1. The number of rotatable bonds is 20. The summed E-state index contributed by atoms with van der Waals surface area (Å²) in [5, 5.41) is 0. The minimum Gasteiger partial charge on any atom is -0.327 e. The van der Waals surface area contributed by atoms with Gasteiger partial charge in [0.1, 0.15) is 5.82 Å². The van der Waals surface area contributed by atoms with E-state index in [1.54, 1.807) is 12.1 Å². The quantitative estimate of drug-likeness (QED) is 0.152. The maximum absolute atomic E-state index is 13.3. The van der Waals surface area contributed by atoms with Gasteiger partial charge in [-0.3, -0.25) is 0 Å². The van der Waals surface area contributed by atoms with Crippen molar-refractivity contribution in [2.24, 2.45) is 5.92 Å². The number of unbranched alkanes of at least 4 members (excludes halogenated alkanes) is 5. The fourth-order valence-electron chi connectivity index (χ4n) is 3.87. The number of benzene rings is 1. The molecule has 1 aromatic carbocycles. The van der Waals surface area contributed by atoms with Gasteiger partial charge in [0.15, 0.2) is 0 Å². The van der Waals surface area contributed by atoms with Crippen molar-refractivity contribution in [3.8, 4) is 0 Å². The molecule has 0 fully saturated rings. The van der Waals surface area contributed by atoms with Crippen LogP contribution in [-0.4, -0.2) is 25.8 Å². The molecule has 0 spiro atoms. The van der Waals surface area contributed by atoms with Crippen LogP contribution in [0.1, 0.15) is 104 Å². The molecule has 0 aromatic heterocycles. The number of hydrogen-bond donors (Lipinski definition) is 0. The predicted octanol–water partition coefficient (Wildman–Crippen LogP) is 8.06. The third-order valence-corrected chi connectivity index (χ3v) is 5.62. The largest absolute Gasteiger partial charge is 0.327 e. The Balaban J connectivity index is 2.94. The molecule has 31 heavy (non-hydrogen) atoms. The first kappa shape index (κ1) is 28.1. The number of aryl methyl sites for hydroxylation is 1. The van der Waals surface area contributed by atoms with Gasteiger partial charge in [-0.1, -0.05) is 78.4 Å². The second-order valence-corrected chi connectivity index (χ2v) is 8.57. The Hall–Kier alpha value is -0.970. The Labute approximate surface area is 191 Å². The molecule has 3 nitrogen and oxygen atoms in total. The number of halogens is 1. The zero-order chi connectivity index (χ0) is 22.8. The van der Waals surface area contributed by atoms with Crippen molar-refractivity contribution >= 4 is 0 Å². The van der Waals surface area contributed by atoms with Crippen LogP contribution in [0.25, 0.3) is 0 Å². The van der Waals surface area contributed by atoms with Crippen LogP contribution < -0.4 is 0 Å². The van der Waals surface area contributed by atoms with Crippen LogP contribution in [-0.2, 0) is 20.6 Å². The maximum atomic E-state index is 13.3. The van der Waals surface area contributed by atoms with Gasteiger partial charge in [0, 0.05) is 5.92 Å². The summed E-state index contributed by atoms with van der Waals surface area (Å²) in [4.78, 5) is 0. The van der Waals surface area contributed by atoms with E-state index in [2.05, 4.69) is 27.7 Å². The molecule has 1 atom stereocenters. The smallest absolute Gasteiger partial charge is 0.285 e. The Bertz CT molecular complexity index is 510. The summed E-state index contributed by atoms with van der Waals surface area (Å²) in [6, 6.07) is 6.84. The lowest BCUT2D eigenvalue weighted by Crippen LogP contribution is -2.47. The summed E-state index contributed by atoms with van der Waals surface area (Å²) in [5.74, 6) is -1.02. The van der Waals surface area contributed by atoms with E-state index in [4.69, 9.17) is 14.2 Å². The van der Waals surface area contributed by atoms with Gasteiger partial charge in [0.05, 0.1) is 19.8 Å². The maximum Gasteiger partial charge on any atom is 0.285 e. The highest BCUT2D eigenvalue weighted by Crippen LogP contribution is 2.35. The standard InChI is InChI=1S/C27H47FO3/c1-5-9-10-11-12-13-14-25(18-15-24-16-19-26(28)20-17-24)27(29-21-6-2,30-22-7-3)31-23-8-4/h16-17,19-20,25H,5-15,18,21-23H2,1-4H3. The van der Waals surface area contributed by atoms with Gasteiger partial charge in [0.25, 0.3) is 5.97 Å². The summed E-state index contributed by atoms with van der Waals surface area (Å²) in [5.41, 5.74) is 1.14. The minimum absolute atomic E-state index is 0.147. The van der Waals surface area contributed by atoms with Gasteiger partial charge in [-0.25, -0.2) is 4.39 Å². The van der Waals surface area contributed by atoms with Crippen molar-refractivity contribution in [2.75, 3.05) is 19.8 Å². The molecule has 1 aromatic rings. The Morgan fingerprint density at radius 1 is 0.677 bits per heavy atom. The summed E-state index contributed by atoms with van der Waals surface area (Å²) in [6.07, 6.45) is 13.1. The summed E-state index contributed by atoms with van der Waals surface area (Å²) in [7, 11) is 0. The average molecular weight is 439 g/mol. The lowest BCUT2D eigenvalue weighted by Gasteiger charge is -2.40. The summed E-state index contributed by atoms with van der Waals surface area (Å²) >= 11 is 0. The molecule has 180 valence electrons. The van der Waals surface area contributed by atoms with Crippen LogP contribution in [0, 0.1) is 11.7 Å². The molecule has 0 amide bonds. The van der Waals surface area contributed by atoms with Crippen molar-refractivity contribution in [1.82, 2.24) is 0 Å². The van der Waals surface area contributed by atoms with Crippen LogP contribution in [0.4, 0.5) is 4.39 Å². The van der Waals surface area contributed by atoms with Gasteiger partial charge >= 0.3 is 0 Å². The predicted molar refractivity (Wildman–Crippen MR) is 128 cm³/mol. The van der Waals surface area contributed by atoms with E-state index >= 15 is 0 Å². The SMILES string of the molecule is CCCCCCCCC(CCc1ccc(F)cc1)C(OCCC)(OCCC)OCCC. The lowest BCUT2D eigenvalue weighted by molar-refractivity contribution is -0.406. The van der Waals surface area contributed by atoms with E-state index in [1.165, 1.54) is 32.1 Å². The Morgan fingerprint density at radius 3 is 1.71 bits per heavy atom. The van der Waals surface area contributed by atoms with Gasteiger partial charge in [-0.05, 0) is 56.2 Å². The van der Waals surface area contributed by atoms with Gasteiger partial charge in [-0.15, -0.1) is 0 Å². The van der Waals surface area contributed by atoms with Crippen molar-refractivity contribution in [1.29, 1.82) is 0 Å². The monoisotopic (exact) mass is 438 g/mol. The second kappa shape index (κ2) is 17.6. The van der Waals surface area contributed by atoms with Gasteiger partial charge < -0.3 is 14.2 Å². The zero-order valence-corrected chi connectivity index (χ0v) is 20.6. The van der Waals surface area contributed by atoms with Crippen molar-refractivity contribution in [3.05, 3.63) is 35.6 Å². The highest BCUT2D eigenvalue weighted by molar-refractivity contribution is 5.16. The number of ether oxygens (including phenoxy) is 3. The van der Waals surface area contributed by atoms with E-state index in [-0.39, 0.29) is 11.7 Å². The normalized spacial score (nSPS) is 12.9. The molecule has 0 heterocycles. The van der Waals surface area contributed by atoms with Crippen LogP contribution in [0.15, 0.2) is 24.3 Å². The van der Waals surface area contributed by atoms with Gasteiger partial charge in [0.2, 0.25) is 0 Å². The summed E-state index contributed by atoms with van der Waals surface area (Å²) < 4.78 is 32.4. The third kappa shape index (κ3) is 11.5. The fraction of sp³-hybridized carbons (Fsp3) is 0.778. The molecular formula is C27H47FO3. The molecule has 0 aliphatic rings. The highest BCUT2D eigenvalue weighted by Gasteiger charge is 2.42. The van der Waals surface area contributed by atoms with E-state index in [0.29, 0.717) is 19.8 Å². The third-order valence-electron chi connectivity index (χ3n) is 5.62. The van der Waals surface area contributed by atoms with E-state index < -0.39 is 5.97 Å². The molecule has 1 unspecified atom stereocenters. The van der Waals surface area contributed by atoms with Crippen LogP contribution in [0.3, 0.4) is 0 Å². The van der Waals surface area contributed by atoms with Crippen molar-refractivity contribution in [2.45, 2.75) is 111 Å². The van der Waals surface area contributed by atoms with Crippen LogP contribution >= 0.6 is 0 Å².